The van der Waals surface area contributed by atoms with Gasteiger partial charge in [0.1, 0.15) is 5.69 Å². The molecule has 1 amide bonds. The quantitative estimate of drug-likeness (QED) is 0.266. The number of rotatable bonds is 7. The first kappa shape index (κ1) is 18.8. The van der Waals surface area contributed by atoms with Gasteiger partial charge in [-0.05, 0) is 17.7 Å². The van der Waals surface area contributed by atoms with Crippen LogP contribution >= 0.6 is 23.1 Å². The van der Waals surface area contributed by atoms with Crippen molar-refractivity contribution in [1.29, 1.82) is 0 Å². The second-order valence-corrected chi connectivity index (χ2v) is 7.54. The smallest absolute Gasteiger partial charge is 0.293 e. The zero-order valence-corrected chi connectivity index (χ0v) is 15.8. The summed E-state index contributed by atoms with van der Waals surface area (Å²) in [6.45, 7) is 0. The molecular formula is C17H15N5O3S2. The molecule has 0 spiro atoms. The van der Waals surface area contributed by atoms with Gasteiger partial charge >= 0.3 is 0 Å². The van der Waals surface area contributed by atoms with Crippen molar-refractivity contribution in [2.75, 3.05) is 17.7 Å². The normalized spacial score (nSPS) is 10.4. The van der Waals surface area contributed by atoms with Gasteiger partial charge in [0, 0.05) is 24.4 Å². The molecule has 3 aromatic rings. The Hall–Kier alpha value is -2.98. The van der Waals surface area contributed by atoms with Gasteiger partial charge in [-0.15, -0.1) is 10.2 Å². The molecule has 0 saturated heterocycles. The molecule has 1 heterocycles. The van der Waals surface area contributed by atoms with Crippen LogP contribution in [0.4, 0.5) is 16.5 Å². The maximum atomic E-state index is 12.4. The standard InChI is InChI=1S/C17H15N5O3S2/c1-18-13-8-7-12(9-14(13)22(24)25)15(23)19-16-20-21-17(27-16)26-10-11-5-3-2-4-6-11/h2-9,18H,10H2,1H3,(H,19,20,23). The van der Waals surface area contributed by atoms with Crippen LogP contribution in [0.1, 0.15) is 15.9 Å². The number of hydrogen-bond acceptors (Lipinski definition) is 8. The van der Waals surface area contributed by atoms with Crippen LogP contribution < -0.4 is 10.6 Å². The predicted octanol–water partition coefficient (Wildman–Crippen LogP) is 4.03. The molecular weight excluding hydrogens is 386 g/mol. The van der Waals surface area contributed by atoms with Gasteiger partial charge < -0.3 is 5.32 Å². The largest absolute Gasteiger partial charge is 0.383 e. The summed E-state index contributed by atoms with van der Waals surface area (Å²) in [7, 11) is 1.58. The molecule has 0 aliphatic heterocycles. The highest BCUT2D eigenvalue weighted by Gasteiger charge is 2.18. The predicted molar refractivity (Wildman–Crippen MR) is 107 cm³/mol. The van der Waals surface area contributed by atoms with E-state index in [4.69, 9.17) is 0 Å². The summed E-state index contributed by atoms with van der Waals surface area (Å²) in [5, 5.41) is 24.8. The Balaban J connectivity index is 1.65. The highest BCUT2D eigenvalue weighted by atomic mass is 32.2. The van der Waals surface area contributed by atoms with Gasteiger partial charge in [-0.3, -0.25) is 20.2 Å². The minimum atomic E-state index is -0.536. The van der Waals surface area contributed by atoms with Crippen molar-refractivity contribution in [3.63, 3.8) is 0 Å². The van der Waals surface area contributed by atoms with E-state index in [1.165, 1.54) is 46.9 Å². The fourth-order valence-electron chi connectivity index (χ4n) is 2.24. The number of amides is 1. The van der Waals surface area contributed by atoms with Gasteiger partial charge in [0.2, 0.25) is 5.13 Å². The fraction of sp³-hybridized carbons (Fsp3) is 0.118. The lowest BCUT2D eigenvalue weighted by Gasteiger charge is -2.05. The molecule has 0 aliphatic carbocycles. The monoisotopic (exact) mass is 401 g/mol. The van der Waals surface area contributed by atoms with E-state index in [0.717, 1.165) is 10.1 Å². The Labute approximate surface area is 163 Å². The van der Waals surface area contributed by atoms with E-state index in [1.807, 2.05) is 30.3 Å². The highest BCUT2D eigenvalue weighted by Crippen LogP contribution is 2.29. The van der Waals surface area contributed by atoms with Crippen molar-refractivity contribution in [3.05, 3.63) is 69.8 Å². The summed E-state index contributed by atoms with van der Waals surface area (Å²) in [5.41, 5.74) is 1.52. The molecule has 138 valence electrons. The SMILES string of the molecule is CNc1ccc(C(=O)Nc2nnc(SCc3ccccc3)s2)cc1[N+](=O)[O-]. The summed E-state index contributed by atoms with van der Waals surface area (Å²) >= 11 is 2.78. The molecule has 0 radical (unpaired) electrons. The fourth-order valence-corrected chi connectivity index (χ4v) is 3.95. The van der Waals surface area contributed by atoms with Crippen molar-refractivity contribution in [2.45, 2.75) is 10.1 Å². The van der Waals surface area contributed by atoms with Crippen LogP contribution in [0.3, 0.4) is 0 Å². The molecule has 0 saturated carbocycles. The van der Waals surface area contributed by atoms with Crippen LogP contribution in [0.5, 0.6) is 0 Å². The summed E-state index contributed by atoms with van der Waals surface area (Å²) in [6, 6.07) is 14.2. The lowest BCUT2D eigenvalue weighted by atomic mass is 10.1. The van der Waals surface area contributed by atoms with Gasteiger partial charge in [-0.25, -0.2) is 0 Å². The lowest BCUT2D eigenvalue weighted by molar-refractivity contribution is -0.384. The molecule has 8 nitrogen and oxygen atoms in total. The number of nitro benzene ring substituents is 1. The Bertz CT molecular complexity index is 962. The van der Waals surface area contributed by atoms with Gasteiger partial charge in [-0.1, -0.05) is 53.4 Å². The molecule has 0 aliphatic rings. The van der Waals surface area contributed by atoms with E-state index < -0.39 is 10.8 Å². The number of hydrogen-bond donors (Lipinski definition) is 2. The van der Waals surface area contributed by atoms with Crippen molar-refractivity contribution in [1.82, 2.24) is 10.2 Å². The summed E-state index contributed by atoms with van der Waals surface area (Å²) < 4.78 is 0.727. The van der Waals surface area contributed by atoms with Crippen LogP contribution in [-0.4, -0.2) is 28.1 Å². The average molecular weight is 401 g/mol. The third-order valence-electron chi connectivity index (χ3n) is 3.56. The molecule has 0 fully saturated rings. The van der Waals surface area contributed by atoms with Crippen LogP contribution in [0, 0.1) is 10.1 Å². The average Bonchev–Trinajstić information content (AvgIpc) is 3.13. The number of nitrogens with one attached hydrogen (secondary N) is 2. The molecule has 3 rings (SSSR count). The van der Waals surface area contributed by atoms with Crippen LogP contribution in [0.25, 0.3) is 0 Å². The first-order valence-corrected chi connectivity index (χ1v) is 9.65. The van der Waals surface area contributed by atoms with Gasteiger partial charge in [0.15, 0.2) is 4.34 Å². The number of thioether (sulfide) groups is 1. The highest BCUT2D eigenvalue weighted by molar-refractivity contribution is 8.00. The summed E-state index contributed by atoms with van der Waals surface area (Å²) in [6.07, 6.45) is 0. The molecule has 10 heteroatoms. The summed E-state index contributed by atoms with van der Waals surface area (Å²) in [4.78, 5) is 22.9. The van der Waals surface area contributed by atoms with E-state index in [2.05, 4.69) is 20.8 Å². The number of nitro groups is 1. The molecule has 2 aromatic carbocycles. The molecule has 1 aromatic heterocycles. The van der Waals surface area contributed by atoms with Crippen LogP contribution in [-0.2, 0) is 5.75 Å². The van der Waals surface area contributed by atoms with E-state index in [-0.39, 0.29) is 11.3 Å². The first-order chi connectivity index (χ1) is 13.1. The van der Waals surface area contributed by atoms with E-state index in [9.17, 15) is 14.9 Å². The first-order valence-electron chi connectivity index (χ1n) is 7.84. The van der Waals surface area contributed by atoms with Crippen molar-refractivity contribution in [2.24, 2.45) is 0 Å². The van der Waals surface area contributed by atoms with Gasteiger partial charge in [0.25, 0.3) is 11.6 Å². The van der Waals surface area contributed by atoms with E-state index >= 15 is 0 Å². The molecule has 0 unspecified atom stereocenters. The Morgan fingerprint density at radius 2 is 2.00 bits per heavy atom. The van der Waals surface area contributed by atoms with E-state index in [1.54, 1.807) is 7.05 Å². The minimum absolute atomic E-state index is 0.165. The zero-order chi connectivity index (χ0) is 19.2. The van der Waals surface area contributed by atoms with Crippen molar-refractivity contribution >= 4 is 45.5 Å². The van der Waals surface area contributed by atoms with Crippen LogP contribution in [0.2, 0.25) is 0 Å². The van der Waals surface area contributed by atoms with Crippen molar-refractivity contribution in [3.8, 4) is 0 Å². The van der Waals surface area contributed by atoms with Gasteiger partial charge in [0.05, 0.1) is 4.92 Å². The van der Waals surface area contributed by atoms with Crippen molar-refractivity contribution < 1.29 is 9.72 Å². The maximum Gasteiger partial charge on any atom is 0.293 e. The second-order valence-electron chi connectivity index (χ2n) is 5.34. The third-order valence-corrected chi connectivity index (χ3v) is 5.60. The molecule has 0 atom stereocenters. The number of carbonyl (C=O) groups is 1. The summed E-state index contributed by atoms with van der Waals surface area (Å²) in [5.74, 6) is 0.276. The topological polar surface area (TPSA) is 110 Å². The van der Waals surface area contributed by atoms with E-state index in [0.29, 0.717) is 10.8 Å². The Morgan fingerprint density at radius 3 is 2.70 bits per heavy atom. The molecule has 2 N–H and O–H groups in total. The minimum Gasteiger partial charge on any atom is -0.383 e. The lowest BCUT2D eigenvalue weighted by Crippen LogP contribution is -2.12. The Morgan fingerprint density at radius 1 is 1.22 bits per heavy atom. The zero-order valence-electron chi connectivity index (χ0n) is 14.2. The van der Waals surface area contributed by atoms with Gasteiger partial charge in [-0.2, -0.15) is 0 Å². The number of nitrogens with zero attached hydrogens (tertiary/aromatic N) is 3. The van der Waals surface area contributed by atoms with Crippen LogP contribution in [0.15, 0.2) is 52.9 Å². The maximum absolute atomic E-state index is 12.4. The number of anilines is 2. The number of aromatic nitrogens is 2. The third kappa shape index (κ3) is 4.80. The second kappa shape index (κ2) is 8.60. The Kier molecular flexibility index (Phi) is 5.99. The number of carbonyl (C=O) groups excluding carboxylic acids is 1. The number of benzene rings is 2. The molecule has 0 bridgehead atoms. The molecule has 27 heavy (non-hydrogen) atoms.